The number of ether oxygens (including phenoxy) is 2. The number of alkyl halides is 4. The van der Waals surface area contributed by atoms with Crippen molar-refractivity contribution in [2.24, 2.45) is 0 Å². The van der Waals surface area contributed by atoms with Gasteiger partial charge in [-0.3, -0.25) is 0 Å². The summed E-state index contributed by atoms with van der Waals surface area (Å²) in [5, 5.41) is 8.77. The van der Waals surface area contributed by atoms with Gasteiger partial charge in [-0.05, 0) is 79.1 Å². The Morgan fingerprint density at radius 1 is 0.697 bits per heavy atom. The predicted octanol–water partition coefficient (Wildman–Crippen LogP) is 7.55. The third-order valence-corrected chi connectivity index (χ3v) is 5.02. The first-order chi connectivity index (χ1) is 15.7. The topological polar surface area (TPSA) is 42.2 Å². The van der Waals surface area contributed by atoms with Crippen LogP contribution < -0.4 is 9.47 Å². The van der Waals surface area contributed by atoms with Crippen molar-refractivity contribution < 1.29 is 27.0 Å². The molecule has 3 aromatic rings. The minimum absolute atomic E-state index is 0.135. The summed E-state index contributed by atoms with van der Waals surface area (Å²) in [6, 6.07) is 17.0. The highest BCUT2D eigenvalue weighted by molar-refractivity contribution is 5.36. The monoisotopic (exact) mass is 457 g/mol. The van der Waals surface area contributed by atoms with Gasteiger partial charge in [-0.2, -0.15) is 22.8 Å². The molecule has 0 radical (unpaired) electrons. The van der Waals surface area contributed by atoms with Crippen molar-refractivity contribution in [2.75, 3.05) is 0 Å². The zero-order chi connectivity index (χ0) is 23.9. The molecular weight excluding hydrogens is 434 g/mol. The predicted molar refractivity (Wildman–Crippen MR) is 116 cm³/mol. The molecule has 172 valence electrons. The van der Waals surface area contributed by atoms with E-state index >= 15 is 0 Å². The molecule has 0 fully saturated rings. The molecule has 0 aliphatic rings. The maximum Gasteiger partial charge on any atom is 0.426 e. The van der Waals surface area contributed by atoms with Gasteiger partial charge in [0, 0.05) is 0 Å². The molecular formula is C26H23F4NO2. The smallest absolute Gasteiger partial charge is 0.426 e. The number of hydrogen-bond acceptors (Lipinski definition) is 3. The number of nitriles is 1. The van der Waals surface area contributed by atoms with E-state index in [0.717, 1.165) is 55.5 Å². The average molecular weight is 457 g/mol. The normalized spacial score (nSPS) is 11.6. The van der Waals surface area contributed by atoms with Crippen LogP contribution in [0.4, 0.5) is 17.6 Å². The van der Waals surface area contributed by atoms with E-state index < -0.39 is 17.8 Å². The standard InChI is InChI=1S/C26H23F4NO2/c1-2-3-4-5-19-6-10-21(11-7-19)25(27,28)33-24-16-12-22(13-17-24)26(29,30)32-23-14-8-20(18-31)9-15-23/h6-17H,2-5H2,1H3. The Bertz CT molecular complexity index is 1070. The quantitative estimate of drug-likeness (QED) is 0.233. The van der Waals surface area contributed by atoms with Gasteiger partial charge in [0.25, 0.3) is 0 Å². The lowest BCUT2D eigenvalue weighted by Crippen LogP contribution is -2.23. The Hall–Kier alpha value is -3.53. The second kappa shape index (κ2) is 10.4. The van der Waals surface area contributed by atoms with Gasteiger partial charge in [0.05, 0.1) is 22.8 Å². The third-order valence-electron chi connectivity index (χ3n) is 5.02. The fourth-order valence-corrected chi connectivity index (χ4v) is 3.17. The van der Waals surface area contributed by atoms with Crippen LogP contribution in [0.3, 0.4) is 0 Å². The van der Waals surface area contributed by atoms with Crippen LogP contribution in [0, 0.1) is 11.3 Å². The Kier molecular flexibility index (Phi) is 7.59. The molecule has 3 rings (SSSR count). The molecule has 0 atom stereocenters. The SMILES string of the molecule is CCCCCc1ccc(C(F)(F)Oc2ccc(C(F)(F)Oc3ccc(C#N)cc3)cc2)cc1. The molecule has 0 saturated heterocycles. The summed E-state index contributed by atoms with van der Waals surface area (Å²) in [5.41, 5.74) is 0.426. The highest BCUT2D eigenvalue weighted by atomic mass is 19.3. The van der Waals surface area contributed by atoms with E-state index in [9.17, 15) is 17.6 Å². The molecule has 7 heteroatoms. The maximum absolute atomic E-state index is 14.5. The van der Waals surface area contributed by atoms with Crippen LogP contribution in [-0.2, 0) is 18.6 Å². The van der Waals surface area contributed by atoms with Gasteiger partial charge in [-0.1, -0.05) is 31.9 Å². The van der Waals surface area contributed by atoms with Crippen molar-refractivity contribution in [3.05, 3.63) is 95.1 Å². The first-order valence-corrected chi connectivity index (χ1v) is 10.6. The van der Waals surface area contributed by atoms with Crippen LogP contribution in [0.1, 0.15) is 48.4 Å². The van der Waals surface area contributed by atoms with Gasteiger partial charge in [-0.25, -0.2) is 0 Å². The summed E-state index contributed by atoms with van der Waals surface area (Å²) in [6.45, 7) is 2.09. The maximum atomic E-state index is 14.5. The largest absolute Gasteiger partial charge is 0.429 e. The van der Waals surface area contributed by atoms with Gasteiger partial charge in [0.1, 0.15) is 11.5 Å². The van der Waals surface area contributed by atoms with E-state index in [2.05, 4.69) is 6.92 Å². The van der Waals surface area contributed by atoms with Crippen molar-refractivity contribution in [2.45, 2.75) is 44.8 Å². The Morgan fingerprint density at radius 2 is 1.15 bits per heavy atom. The molecule has 0 amide bonds. The van der Waals surface area contributed by atoms with Crippen molar-refractivity contribution in [3.8, 4) is 17.6 Å². The fraction of sp³-hybridized carbons (Fsp3) is 0.269. The van der Waals surface area contributed by atoms with E-state index in [0.29, 0.717) is 5.56 Å². The summed E-state index contributed by atoms with van der Waals surface area (Å²) in [5.74, 6) is -0.394. The van der Waals surface area contributed by atoms with Gasteiger partial charge in [0.15, 0.2) is 0 Å². The van der Waals surface area contributed by atoms with Crippen molar-refractivity contribution in [1.29, 1.82) is 5.26 Å². The van der Waals surface area contributed by atoms with Crippen LogP contribution in [0.15, 0.2) is 72.8 Å². The number of halogens is 4. The minimum atomic E-state index is -3.71. The lowest BCUT2D eigenvalue weighted by atomic mass is 10.1. The Balaban J connectivity index is 1.65. The minimum Gasteiger partial charge on any atom is -0.429 e. The molecule has 0 unspecified atom stereocenters. The molecule has 0 N–H and O–H groups in total. The van der Waals surface area contributed by atoms with Crippen molar-refractivity contribution in [1.82, 2.24) is 0 Å². The lowest BCUT2D eigenvalue weighted by Gasteiger charge is -2.20. The molecule has 0 heterocycles. The summed E-state index contributed by atoms with van der Waals surface area (Å²) < 4.78 is 67.5. The summed E-state index contributed by atoms with van der Waals surface area (Å²) in [7, 11) is 0. The molecule has 0 spiro atoms. The average Bonchev–Trinajstić information content (AvgIpc) is 2.80. The van der Waals surface area contributed by atoms with Crippen LogP contribution >= 0.6 is 0 Å². The molecule has 0 saturated carbocycles. The van der Waals surface area contributed by atoms with Gasteiger partial charge >= 0.3 is 12.2 Å². The summed E-state index contributed by atoms with van der Waals surface area (Å²) >= 11 is 0. The first kappa shape index (κ1) is 24.1. The number of rotatable bonds is 10. The number of unbranched alkanes of at least 4 members (excludes halogenated alkanes) is 2. The van der Waals surface area contributed by atoms with Crippen LogP contribution in [0.5, 0.6) is 11.5 Å². The molecule has 3 nitrogen and oxygen atoms in total. The van der Waals surface area contributed by atoms with Crippen molar-refractivity contribution >= 4 is 0 Å². The molecule has 0 aliphatic carbocycles. The molecule has 0 aliphatic heterocycles. The Morgan fingerprint density at radius 3 is 1.61 bits per heavy atom. The second-order valence-electron chi connectivity index (χ2n) is 7.55. The van der Waals surface area contributed by atoms with Gasteiger partial charge < -0.3 is 9.47 Å². The fourth-order valence-electron chi connectivity index (χ4n) is 3.17. The van der Waals surface area contributed by atoms with Gasteiger partial charge in [0.2, 0.25) is 0 Å². The molecule has 33 heavy (non-hydrogen) atoms. The first-order valence-electron chi connectivity index (χ1n) is 10.6. The molecule has 0 aromatic heterocycles. The van der Waals surface area contributed by atoms with Crippen LogP contribution in [-0.4, -0.2) is 0 Å². The van der Waals surface area contributed by atoms with E-state index in [4.69, 9.17) is 14.7 Å². The number of nitrogens with zero attached hydrogens (tertiary/aromatic N) is 1. The number of aryl methyl sites for hydroxylation is 1. The second-order valence-corrected chi connectivity index (χ2v) is 7.55. The van der Waals surface area contributed by atoms with E-state index in [1.807, 2.05) is 6.07 Å². The summed E-state index contributed by atoms with van der Waals surface area (Å²) in [6.07, 6.45) is -3.35. The third kappa shape index (κ3) is 6.48. The highest BCUT2D eigenvalue weighted by Crippen LogP contribution is 2.35. The zero-order valence-electron chi connectivity index (χ0n) is 18.0. The molecule has 3 aromatic carbocycles. The van der Waals surface area contributed by atoms with E-state index in [1.165, 1.54) is 36.4 Å². The lowest BCUT2D eigenvalue weighted by molar-refractivity contribution is -0.187. The van der Waals surface area contributed by atoms with Crippen LogP contribution in [0.25, 0.3) is 0 Å². The zero-order valence-corrected chi connectivity index (χ0v) is 18.0. The highest BCUT2D eigenvalue weighted by Gasteiger charge is 2.36. The van der Waals surface area contributed by atoms with Gasteiger partial charge in [-0.15, -0.1) is 0 Å². The molecule has 0 bridgehead atoms. The van der Waals surface area contributed by atoms with E-state index in [1.54, 1.807) is 12.1 Å². The van der Waals surface area contributed by atoms with Crippen LogP contribution in [0.2, 0.25) is 0 Å². The summed E-state index contributed by atoms with van der Waals surface area (Å²) in [4.78, 5) is 0. The van der Waals surface area contributed by atoms with Crippen molar-refractivity contribution in [3.63, 3.8) is 0 Å². The van der Waals surface area contributed by atoms with E-state index in [-0.39, 0.29) is 17.1 Å². The number of hydrogen-bond donors (Lipinski definition) is 0. The number of benzene rings is 3. The Labute approximate surface area is 190 Å².